The third-order valence-corrected chi connectivity index (χ3v) is 4.49. The van der Waals surface area contributed by atoms with E-state index in [2.05, 4.69) is 5.32 Å². The predicted molar refractivity (Wildman–Crippen MR) is 67.6 cm³/mol. The minimum absolute atomic E-state index is 0.0995. The fourth-order valence-electron chi connectivity index (χ4n) is 2.39. The zero-order valence-electron chi connectivity index (χ0n) is 10.3. The molecule has 0 bridgehead atoms. The van der Waals surface area contributed by atoms with Crippen molar-refractivity contribution in [3.05, 3.63) is 0 Å². The molecule has 7 heteroatoms. The van der Waals surface area contributed by atoms with Gasteiger partial charge < -0.3 is 20.1 Å². The maximum Gasteiger partial charge on any atom is 0.327 e. The van der Waals surface area contributed by atoms with Crippen molar-refractivity contribution in [2.45, 2.75) is 37.5 Å². The molecule has 0 aromatic heterocycles. The summed E-state index contributed by atoms with van der Waals surface area (Å²) in [5, 5.41) is 11.9. The summed E-state index contributed by atoms with van der Waals surface area (Å²) in [6.07, 6.45) is 2.85. The molecule has 1 aliphatic carbocycles. The first-order valence-corrected chi connectivity index (χ1v) is 7.17. The number of urea groups is 1. The monoisotopic (exact) mass is 274 g/mol. The van der Waals surface area contributed by atoms with Gasteiger partial charge in [0.25, 0.3) is 0 Å². The number of hydrogen-bond acceptors (Lipinski definition) is 4. The molecule has 2 fully saturated rings. The van der Waals surface area contributed by atoms with Gasteiger partial charge in [-0.05, 0) is 19.3 Å². The zero-order chi connectivity index (χ0) is 13.1. The molecule has 1 saturated carbocycles. The van der Waals surface area contributed by atoms with Gasteiger partial charge >= 0.3 is 12.0 Å². The fourth-order valence-corrected chi connectivity index (χ4v) is 3.54. The normalized spacial score (nSPS) is 31.6. The smallest absolute Gasteiger partial charge is 0.327 e. The summed E-state index contributed by atoms with van der Waals surface area (Å²) < 4.78 is 5.24. The van der Waals surface area contributed by atoms with E-state index in [1.807, 2.05) is 0 Å². The second-order valence-electron chi connectivity index (χ2n) is 4.64. The van der Waals surface area contributed by atoms with Crippen LogP contribution in [0.15, 0.2) is 0 Å². The van der Waals surface area contributed by atoms with Crippen molar-refractivity contribution in [3.63, 3.8) is 0 Å². The first kappa shape index (κ1) is 13.5. The van der Waals surface area contributed by atoms with Crippen LogP contribution in [0.25, 0.3) is 0 Å². The second-order valence-corrected chi connectivity index (χ2v) is 5.64. The van der Waals surface area contributed by atoms with Crippen LogP contribution in [0, 0.1) is 0 Å². The lowest BCUT2D eigenvalue weighted by molar-refractivity contribution is -0.140. The predicted octanol–water partition coefficient (Wildman–Crippen LogP) is 0.723. The van der Waals surface area contributed by atoms with Gasteiger partial charge in [-0.25, -0.2) is 9.59 Å². The summed E-state index contributed by atoms with van der Waals surface area (Å²) in [5.41, 5.74) is 0. The van der Waals surface area contributed by atoms with Gasteiger partial charge in [0.2, 0.25) is 0 Å². The number of aliphatic carboxylic acids is 1. The van der Waals surface area contributed by atoms with Crippen molar-refractivity contribution in [3.8, 4) is 0 Å². The molecule has 0 aromatic rings. The first-order valence-electron chi connectivity index (χ1n) is 6.02. The van der Waals surface area contributed by atoms with Gasteiger partial charge in [-0.15, -0.1) is 11.8 Å². The van der Waals surface area contributed by atoms with Gasteiger partial charge in [-0.2, -0.15) is 0 Å². The number of methoxy groups -OCH3 is 1. The number of hydrogen-bond donors (Lipinski definition) is 2. The first-order chi connectivity index (χ1) is 8.61. The highest BCUT2D eigenvalue weighted by Crippen LogP contribution is 2.24. The molecular weight excluding hydrogens is 256 g/mol. The van der Waals surface area contributed by atoms with Gasteiger partial charge in [0, 0.05) is 18.9 Å². The highest BCUT2D eigenvalue weighted by Gasteiger charge is 2.36. The molecule has 0 spiro atoms. The third-order valence-electron chi connectivity index (χ3n) is 3.47. The summed E-state index contributed by atoms with van der Waals surface area (Å²) in [7, 11) is 1.67. The molecule has 0 aromatic carbocycles. The van der Waals surface area contributed by atoms with E-state index in [1.165, 1.54) is 16.7 Å². The van der Waals surface area contributed by atoms with Gasteiger partial charge in [-0.1, -0.05) is 0 Å². The maximum atomic E-state index is 12.0. The average Bonchev–Trinajstić information content (AvgIpc) is 2.96. The van der Waals surface area contributed by atoms with Crippen LogP contribution in [-0.4, -0.2) is 58.9 Å². The van der Waals surface area contributed by atoms with Gasteiger partial charge in [0.1, 0.15) is 6.04 Å². The molecule has 6 nitrogen and oxygen atoms in total. The number of amides is 2. The van der Waals surface area contributed by atoms with E-state index >= 15 is 0 Å². The Bertz CT molecular complexity index is 339. The minimum atomic E-state index is -0.934. The van der Waals surface area contributed by atoms with Crippen molar-refractivity contribution in [1.29, 1.82) is 0 Å². The second kappa shape index (κ2) is 5.79. The fraction of sp³-hybridized carbons (Fsp3) is 0.818. The number of carbonyl (C=O) groups is 2. The Morgan fingerprint density at radius 2 is 2.22 bits per heavy atom. The van der Waals surface area contributed by atoms with Crippen molar-refractivity contribution in [1.82, 2.24) is 10.2 Å². The molecule has 2 N–H and O–H groups in total. The zero-order valence-corrected chi connectivity index (χ0v) is 11.1. The lowest BCUT2D eigenvalue weighted by Crippen LogP contribution is -2.49. The summed E-state index contributed by atoms with van der Waals surface area (Å²) >= 11 is 1.47. The van der Waals surface area contributed by atoms with Gasteiger partial charge in [-0.3, -0.25) is 0 Å². The lowest BCUT2D eigenvalue weighted by atomic mass is 10.2. The van der Waals surface area contributed by atoms with Crippen LogP contribution in [0.2, 0.25) is 0 Å². The van der Waals surface area contributed by atoms with E-state index < -0.39 is 12.0 Å². The Morgan fingerprint density at radius 1 is 1.44 bits per heavy atom. The Kier molecular flexibility index (Phi) is 4.34. The molecule has 2 unspecified atom stereocenters. The van der Waals surface area contributed by atoms with Gasteiger partial charge in [0.15, 0.2) is 0 Å². The highest BCUT2D eigenvalue weighted by atomic mass is 32.2. The quantitative estimate of drug-likeness (QED) is 0.793. The Morgan fingerprint density at radius 3 is 2.83 bits per heavy atom. The number of ether oxygens (including phenoxy) is 1. The maximum absolute atomic E-state index is 12.0. The van der Waals surface area contributed by atoms with Crippen LogP contribution in [0.4, 0.5) is 4.79 Å². The Hall–Kier alpha value is -0.950. The van der Waals surface area contributed by atoms with E-state index in [0.29, 0.717) is 11.6 Å². The van der Waals surface area contributed by atoms with Crippen LogP contribution in [0.3, 0.4) is 0 Å². The number of carboxylic acids is 1. The highest BCUT2D eigenvalue weighted by molar-refractivity contribution is 7.99. The van der Waals surface area contributed by atoms with E-state index in [0.717, 1.165) is 19.3 Å². The Labute approximate surface area is 110 Å². The van der Waals surface area contributed by atoms with E-state index in [-0.39, 0.29) is 18.2 Å². The van der Waals surface area contributed by atoms with Gasteiger partial charge in [0.05, 0.1) is 12.0 Å². The van der Waals surface area contributed by atoms with E-state index in [9.17, 15) is 9.59 Å². The molecule has 2 aliphatic rings. The van der Waals surface area contributed by atoms with Crippen LogP contribution in [0.5, 0.6) is 0 Å². The number of nitrogens with one attached hydrogen (secondary N) is 1. The molecule has 2 amide bonds. The summed E-state index contributed by atoms with van der Waals surface area (Å²) in [4.78, 5) is 24.4. The summed E-state index contributed by atoms with van der Waals surface area (Å²) in [6.45, 7) is 0. The molecule has 2 rings (SSSR count). The molecule has 3 atom stereocenters. The largest absolute Gasteiger partial charge is 0.480 e. The van der Waals surface area contributed by atoms with Crippen LogP contribution >= 0.6 is 11.8 Å². The lowest BCUT2D eigenvalue weighted by Gasteiger charge is -2.23. The van der Waals surface area contributed by atoms with Crippen molar-refractivity contribution in [2.24, 2.45) is 0 Å². The summed E-state index contributed by atoms with van der Waals surface area (Å²) in [5.74, 6) is -0.0199. The molecule has 1 aliphatic heterocycles. The van der Waals surface area contributed by atoms with Crippen molar-refractivity contribution >= 4 is 23.8 Å². The van der Waals surface area contributed by atoms with E-state index in [1.54, 1.807) is 7.11 Å². The Balaban J connectivity index is 1.86. The topological polar surface area (TPSA) is 78.9 Å². The minimum Gasteiger partial charge on any atom is -0.480 e. The SMILES string of the molecule is COC1CCC(NC(=O)N2CSC[C@H]2C(=O)O)C1. The molecule has 1 saturated heterocycles. The standard InChI is InChI=1S/C11H18N2O4S/c1-17-8-3-2-7(4-8)12-11(16)13-6-18-5-9(13)10(14)15/h7-9H,2-6H2,1H3,(H,12,16)(H,14,15)/t7?,8?,9-/m0/s1. The molecule has 1 heterocycles. The molecule has 0 radical (unpaired) electrons. The number of thioether (sulfide) groups is 1. The number of nitrogens with zero attached hydrogens (tertiary/aromatic N) is 1. The number of carbonyl (C=O) groups excluding carboxylic acids is 1. The van der Waals surface area contributed by atoms with Crippen molar-refractivity contribution < 1.29 is 19.4 Å². The summed E-state index contributed by atoms with van der Waals surface area (Å²) in [6, 6.07) is -0.869. The van der Waals surface area contributed by atoms with E-state index in [4.69, 9.17) is 9.84 Å². The number of rotatable bonds is 3. The van der Waals surface area contributed by atoms with Crippen LogP contribution in [0.1, 0.15) is 19.3 Å². The molecular formula is C11H18N2O4S. The van der Waals surface area contributed by atoms with Crippen LogP contribution < -0.4 is 5.32 Å². The van der Waals surface area contributed by atoms with Crippen LogP contribution in [-0.2, 0) is 9.53 Å². The number of carboxylic acid groups (broad SMARTS) is 1. The average molecular weight is 274 g/mol. The molecule has 102 valence electrons. The third kappa shape index (κ3) is 2.89. The molecule has 18 heavy (non-hydrogen) atoms. The van der Waals surface area contributed by atoms with Crippen molar-refractivity contribution in [2.75, 3.05) is 18.7 Å².